The normalized spacial score (nSPS) is 15.1. The van der Waals surface area contributed by atoms with Gasteiger partial charge in [0.05, 0.1) is 7.11 Å². The number of rotatable bonds is 5. The number of ether oxygens (including phenoxy) is 2. The predicted octanol–water partition coefficient (Wildman–Crippen LogP) is 2.82. The number of halogens is 1. The molecule has 3 aromatic rings. The summed E-state index contributed by atoms with van der Waals surface area (Å²) in [7, 11) is 1.17. The number of ketones is 1. The molecule has 1 aliphatic rings. The number of Topliss-reactive ketones (excluding diaryl/α,β-unsaturated/α-hetero) is 1. The first kappa shape index (κ1) is 18.4. The van der Waals surface area contributed by atoms with Gasteiger partial charge in [-0.3, -0.25) is 4.79 Å². The number of pyridine rings is 1. The first-order valence-electron chi connectivity index (χ1n) is 8.74. The second-order valence-corrected chi connectivity index (χ2v) is 6.22. The summed E-state index contributed by atoms with van der Waals surface area (Å²) in [6.45, 7) is 0.0278. The second-order valence-electron chi connectivity index (χ2n) is 6.22. The van der Waals surface area contributed by atoms with Gasteiger partial charge in [-0.25, -0.2) is 14.2 Å². The van der Waals surface area contributed by atoms with Crippen LogP contribution in [0.4, 0.5) is 4.39 Å². The third kappa shape index (κ3) is 3.47. The number of hydrogen-bond donors (Lipinski definition) is 2. The minimum Gasteiger partial charge on any atom is -0.465 e. The van der Waals surface area contributed by atoms with Crippen LogP contribution in [0.1, 0.15) is 11.1 Å². The molecule has 0 fully saturated rings. The van der Waals surface area contributed by atoms with E-state index in [0.717, 1.165) is 5.39 Å². The second kappa shape index (κ2) is 7.59. The van der Waals surface area contributed by atoms with Crippen LogP contribution in [-0.2, 0) is 25.6 Å². The molecule has 0 unspecified atom stereocenters. The predicted molar refractivity (Wildman–Crippen MR) is 102 cm³/mol. The van der Waals surface area contributed by atoms with Crippen LogP contribution in [0.2, 0.25) is 0 Å². The molecule has 1 aliphatic heterocycles. The van der Waals surface area contributed by atoms with Crippen molar-refractivity contribution < 1.29 is 23.5 Å². The molecule has 0 saturated carbocycles. The van der Waals surface area contributed by atoms with Crippen molar-refractivity contribution in [3.8, 4) is 0 Å². The number of aromatic amines is 1. The fourth-order valence-electron chi connectivity index (χ4n) is 3.00. The number of nitrogens with one attached hydrogen (secondary N) is 2. The third-order valence-electron chi connectivity index (χ3n) is 4.45. The highest BCUT2D eigenvalue weighted by Crippen LogP contribution is 2.28. The van der Waals surface area contributed by atoms with Crippen molar-refractivity contribution in [1.29, 1.82) is 0 Å². The molecular formula is C21H16FN3O4. The maximum Gasteiger partial charge on any atom is 0.347 e. The lowest BCUT2D eigenvalue weighted by molar-refractivity contribution is -0.137. The molecular weight excluding hydrogens is 377 g/mol. The lowest BCUT2D eigenvalue weighted by Gasteiger charge is -2.09. The molecule has 1 aromatic carbocycles. The quantitative estimate of drug-likeness (QED) is 0.393. The van der Waals surface area contributed by atoms with E-state index in [1.165, 1.54) is 19.3 Å². The number of carbonyl (C=O) groups excluding carboxylic acids is 2. The van der Waals surface area contributed by atoms with Gasteiger partial charge >= 0.3 is 5.97 Å². The average molecular weight is 393 g/mol. The van der Waals surface area contributed by atoms with E-state index in [1.807, 2.05) is 6.07 Å². The summed E-state index contributed by atoms with van der Waals surface area (Å²) in [6.07, 6.45) is 4.85. The van der Waals surface area contributed by atoms with Gasteiger partial charge < -0.3 is 19.8 Å². The Kier molecular flexibility index (Phi) is 4.82. The van der Waals surface area contributed by atoms with E-state index in [2.05, 4.69) is 15.3 Å². The van der Waals surface area contributed by atoms with Gasteiger partial charge in [0.2, 0.25) is 11.7 Å². The summed E-state index contributed by atoms with van der Waals surface area (Å²) in [5.41, 5.74) is 1.42. The molecule has 2 aromatic heterocycles. The molecule has 0 saturated heterocycles. The molecule has 0 aliphatic carbocycles. The zero-order chi connectivity index (χ0) is 20.4. The molecule has 29 heavy (non-hydrogen) atoms. The first-order chi connectivity index (χ1) is 14.1. The van der Waals surface area contributed by atoms with Crippen molar-refractivity contribution in [1.82, 2.24) is 15.3 Å². The first-order valence-corrected chi connectivity index (χ1v) is 8.74. The number of allylic oxidation sites excluding steroid dienone is 1. The van der Waals surface area contributed by atoms with Gasteiger partial charge in [0.1, 0.15) is 11.5 Å². The van der Waals surface area contributed by atoms with Crippen molar-refractivity contribution in [2.24, 2.45) is 0 Å². The number of methoxy groups -OCH3 is 1. The van der Waals surface area contributed by atoms with Gasteiger partial charge in [-0.05, 0) is 24.3 Å². The Morgan fingerprint density at radius 1 is 1.31 bits per heavy atom. The molecule has 0 atom stereocenters. The Labute approximate surface area is 164 Å². The van der Waals surface area contributed by atoms with Gasteiger partial charge in [-0.1, -0.05) is 18.2 Å². The summed E-state index contributed by atoms with van der Waals surface area (Å²) in [5, 5.41) is 3.61. The van der Waals surface area contributed by atoms with Crippen LogP contribution in [0.15, 0.2) is 66.0 Å². The minimum atomic E-state index is -0.838. The van der Waals surface area contributed by atoms with Crippen LogP contribution >= 0.6 is 0 Å². The molecule has 7 nitrogen and oxygen atoms in total. The fourth-order valence-corrected chi connectivity index (χ4v) is 3.00. The van der Waals surface area contributed by atoms with Gasteiger partial charge in [0, 0.05) is 35.5 Å². The molecule has 0 amide bonds. The molecule has 4 rings (SSSR count). The Balaban J connectivity index is 1.64. The number of fused-ring (bicyclic) bond motifs is 1. The lowest BCUT2D eigenvalue weighted by atomic mass is 10.1. The smallest absolute Gasteiger partial charge is 0.347 e. The highest BCUT2D eigenvalue weighted by Gasteiger charge is 2.36. The minimum absolute atomic E-state index is 0.0278. The Hall–Kier alpha value is -3.94. The molecule has 0 bridgehead atoms. The topological polar surface area (TPSA) is 93.3 Å². The number of H-pyrrole nitrogens is 1. The van der Waals surface area contributed by atoms with Crippen LogP contribution in [0.5, 0.6) is 0 Å². The number of carbonyl (C=O) groups is 2. The van der Waals surface area contributed by atoms with E-state index in [4.69, 9.17) is 9.47 Å². The van der Waals surface area contributed by atoms with Crippen LogP contribution in [-0.4, -0.2) is 28.8 Å². The van der Waals surface area contributed by atoms with Crippen LogP contribution < -0.4 is 5.32 Å². The number of aromatic nitrogens is 2. The monoisotopic (exact) mass is 393 g/mol. The maximum atomic E-state index is 13.9. The van der Waals surface area contributed by atoms with E-state index in [0.29, 0.717) is 16.8 Å². The number of benzene rings is 1. The lowest BCUT2D eigenvalue weighted by Crippen LogP contribution is -2.19. The van der Waals surface area contributed by atoms with Gasteiger partial charge in [0.25, 0.3) is 0 Å². The highest BCUT2D eigenvalue weighted by molar-refractivity contribution is 6.26. The highest BCUT2D eigenvalue weighted by atomic mass is 19.1. The molecule has 0 spiro atoms. The summed E-state index contributed by atoms with van der Waals surface area (Å²) < 4.78 is 24.2. The van der Waals surface area contributed by atoms with E-state index in [-0.39, 0.29) is 23.8 Å². The summed E-state index contributed by atoms with van der Waals surface area (Å²) in [6, 6.07) is 9.79. The molecule has 146 valence electrons. The van der Waals surface area contributed by atoms with E-state index in [9.17, 15) is 14.0 Å². The zero-order valence-corrected chi connectivity index (χ0v) is 15.4. The number of esters is 1. The van der Waals surface area contributed by atoms with E-state index in [1.54, 1.807) is 36.7 Å². The van der Waals surface area contributed by atoms with E-state index >= 15 is 0 Å². The maximum absolute atomic E-state index is 13.9. The Morgan fingerprint density at radius 3 is 2.93 bits per heavy atom. The molecule has 0 radical (unpaired) electrons. The van der Waals surface area contributed by atoms with Crippen LogP contribution in [0.3, 0.4) is 0 Å². The molecule has 2 N–H and O–H groups in total. The summed E-state index contributed by atoms with van der Waals surface area (Å²) in [4.78, 5) is 32.1. The van der Waals surface area contributed by atoms with E-state index < -0.39 is 17.6 Å². The summed E-state index contributed by atoms with van der Waals surface area (Å²) in [5.74, 6) is -1.99. The standard InChI is InChI=1S/C21H16FN3O4/c1-28-21(27)17-18(26)16(9-13-11-24-19-14(13)6-4-8-23-19)29-20(17)25-10-12-5-2-3-7-15(12)22/h2-9,11,25H,10H2,1H3,(H,23,24)/b16-9-. The fraction of sp³-hybridized carbons (Fsp3) is 0.0952. The SMILES string of the molecule is COC(=O)C1=C(NCc2ccccc2F)O/C(=C\c2c[nH]c3ncccc23)C1=O. The third-order valence-corrected chi connectivity index (χ3v) is 4.45. The Bertz CT molecular complexity index is 1180. The average Bonchev–Trinajstić information content (AvgIpc) is 3.28. The van der Waals surface area contributed by atoms with Crippen molar-refractivity contribution in [2.45, 2.75) is 6.54 Å². The van der Waals surface area contributed by atoms with Gasteiger partial charge in [-0.15, -0.1) is 0 Å². The number of nitrogens with zero attached hydrogens (tertiary/aromatic N) is 1. The Morgan fingerprint density at radius 2 is 2.14 bits per heavy atom. The molecule has 8 heteroatoms. The largest absolute Gasteiger partial charge is 0.465 e. The van der Waals surface area contributed by atoms with Crippen molar-refractivity contribution in [3.05, 3.63) is 83.0 Å². The number of hydrogen-bond acceptors (Lipinski definition) is 6. The zero-order valence-electron chi connectivity index (χ0n) is 15.4. The van der Waals surface area contributed by atoms with Crippen molar-refractivity contribution >= 4 is 28.9 Å². The van der Waals surface area contributed by atoms with Crippen molar-refractivity contribution in [3.63, 3.8) is 0 Å². The van der Waals surface area contributed by atoms with Gasteiger partial charge in [-0.2, -0.15) is 0 Å². The van der Waals surface area contributed by atoms with Gasteiger partial charge in [0.15, 0.2) is 11.3 Å². The van der Waals surface area contributed by atoms with Crippen LogP contribution in [0.25, 0.3) is 17.1 Å². The summed E-state index contributed by atoms with van der Waals surface area (Å²) >= 11 is 0. The molecule has 3 heterocycles. The van der Waals surface area contributed by atoms with Crippen LogP contribution in [0, 0.1) is 5.82 Å². The van der Waals surface area contributed by atoms with Crippen molar-refractivity contribution in [2.75, 3.05) is 7.11 Å².